The molecule has 5 heteroatoms. The van der Waals surface area contributed by atoms with E-state index in [1.807, 2.05) is 19.2 Å². The second-order valence-electron chi connectivity index (χ2n) is 4.29. The average molecular weight is 239 g/mol. The van der Waals surface area contributed by atoms with E-state index < -0.39 is 0 Å². The van der Waals surface area contributed by atoms with E-state index in [9.17, 15) is 4.79 Å². The maximum atomic E-state index is 11.6. The van der Waals surface area contributed by atoms with Crippen molar-refractivity contribution in [2.75, 3.05) is 0 Å². The minimum atomic E-state index is -0.0787. The highest BCUT2D eigenvalue weighted by atomic mass is 32.1. The predicted octanol–water partition coefficient (Wildman–Crippen LogP) is 2.36. The molecule has 0 aromatic carbocycles. The molecule has 2 rings (SSSR count). The van der Waals surface area contributed by atoms with Crippen LogP contribution in [0.4, 0.5) is 4.79 Å². The Morgan fingerprint density at radius 1 is 1.62 bits per heavy atom. The first-order valence-electron chi connectivity index (χ1n) is 5.64. The summed E-state index contributed by atoms with van der Waals surface area (Å²) in [5, 5.41) is 8.81. The van der Waals surface area contributed by atoms with Gasteiger partial charge in [0.15, 0.2) is 0 Å². The lowest BCUT2D eigenvalue weighted by Crippen LogP contribution is -2.45. The van der Waals surface area contributed by atoms with Crippen molar-refractivity contribution >= 4 is 17.4 Å². The molecule has 4 nitrogen and oxygen atoms in total. The molecule has 0 radical (unpaired) electrons. The third kappa shape index (κ3) is 2.72. The zero-order valence-corrected chi connectivity index (χ0v) is 10.4. The van der Waals surface area contributed by atoms with E-state index in [0.717, 1.165) is 23.5 Å². The Morgan fingerprint density at radius 2 is 2.38 bits per heavy atom. The van der Waals surface area contributed by atoms with Crippen LogP contribution >= 0.6 is 11.3 Å². The molecule has 1 aliphatic carbocycles. The van der Waals surface area contributed by atoms with Crippen molar-refractivity contribution in [3.63, 3.8) is 0 Å². The van der Waals surface area contributed by atoms with Gasteiger partial charge < -0.3 is 10.6 Å². The number of rotatable bonds is 3. The van der Waals surface area contributed by atoms with Crippen LogP contribution < -0.4 is 10.6 Å². The van der Waals surface area contributed by atoms with Crippen molar-refractivity contribution in [3.05, 3.63) is 16.1 Å². The number of carbonyl (C=O) groups excluding carboxylic acids is 1. The van der Waals surface area contributed by atoms with E-state index in [1.54, 1.807) is 11.3 Å². The number of nitrogens with zero attached hydrogens (tertiary/aromatic N) is 1. The van der Waals surface area contributed by atoms with Crippen LogP contribution in [0.1, 0.15) is 42.9 Å². The number of hydrogen-bond acceptors (Lipinski definition) is 3. The lowest BCUT2D eigenvalue weighted by Gasteiger charge is -2.27. The predicted molar refractivity (Wildman–Crippen MR) is 64.6 cm³/mol. The first kappa shape index (κ1) is 11.4. The lowest BCUT2D eigenvalue weighted by molar-refractivity contribution is 0.225. The maximum absolute atomic E-state index is 11.6. The Kier molecular flexibility index (Phi) is 3.43. The van der Waals surface area contributed by atoms with E-state index in [0.29, 0.717) is 6.04 Å². The first-order chi connectivity index (χ1) is 7.65. The fourth-order valence-corrected chi connectivity index (χ4v) is 2.41. The Hall–Kier alpha value is -1.10. The molecule has 1 aromatic heterocycles. The van der Waals surface area contributed by atoms with Crippen LogP contribution in [0.2, 0.25) is 0 Å². The Labute approximate surface area is 99.5 Å². The van der Waals surface area contributed by atoms with E-state index in [2.05, 4.69) is 15.6 Å². The smallest absolute Gasteiger partial charge is 0.315 e. The number of carbonyl (C=O) groups is 1. The fraction of sp³-hybridized carbons (Fsp3) is 0.636. The molecule has 88 valence electrons. The summed E-state index contributed by atoms with van der Waals surface area (Å²) in [6.07, 6.45) is 3.45. The van der Waals surface area contributed by atoms with Gasteiger partial charge in [0.1, 0.15) is 5.01 Å². The Morgan fingerprint density at radius 3 is 2.88 bits per heavy atom. The second kappa shape index (κ2) is 4.82. The van der Waals surface area contributed by atoms with Gasteiger partial charge in [-0.25, -0.2) is 9.78 Å². The molecule has 16 heavy (non-hydrogen) atoms. The molecular weight excluding hydrogens is 222 g/mol. The summed E-state index contributed by atoms with van der Waals surface area (Å²) in [4.78, 5) is 15.9. The topological polar surface area (TPSA) is 54.0 Å². The Balaban J connectivity index is 1.81. The standard InChI is InChI=1S/C11H17N3OS/c1-7-6-16-10(12-7)8(2)13-11(15)14-9-4-3-5-9/h6,8-9H,3-5H2,1-2H3,(H2,13,14,15). The van der Waals surface area contributed by atoms with Crippen molar-refractivity contribution in [3.8, 4) is 0 Å². The van der Waals surface area contributed by atoms with Crippen molar-refractivity contribution in [1.29, 1.82) is 0 Å². The quantitative estimate of drug-likeness (QED) is 0.850. The number of hydrogen-bond donors (Lipinski definition) is 2. The van der Waals surface area contributed by atoms with Crippen LogP contribution in [0.25, 0.3) is 0 Å². The summed E-state index contributed by atoms with van der Waals surface area (Å²) >= 11 is 1.58. The molecule has 0 aliphatic heterocycles. The van der Waals surface area contributed by atoms with Crippen molar-refractivity contribution in [2.24, 2.45) is 0 Å². The van der Waals surface area contributed by atoms with E-state index in [4.69, 9.17) is 0 Å². The van der Waals surface area contributed by atoms with Gasteiger partial charge in [-0.05, 0) is 33.1 Å². The average Bonchev–Trinajstić information content (AvgIpc) is 2.58. The normalized spacial score (nSPS) is 17.6. The third-order valence-corrected chi connectivity index (χ3v) is 3.94. The number of thiazole rings is 1. The van der Waals surface area contributed by atoms with Gasteiger partial charge in [-0.15, -0.1) is 11.3 Å². The molecule has 2 amide bonds. The highest BCUT2D eigenvalue weighted by Gasteiger charge is 2.20. The summed E-state index contributed by atoms with van der Waals surface area (Å²) in [5.41, 5.74) is 1.01. The highest BCUT2D eigenvalue weighted by molar-refractivity contribution is 7.09. The molecule has 1 aromatic rings. The summed E-state index contributed by atoms with van der Waals surface area (Å²) in [5.74, 6) is 0. The SMILES string of the molecule is Cc1csc(C(C)NC(=O)NC2CCC2)n1. The van der Waals surface area contributed by atoms with Crippen LogP contribution in [0.3, 0.4) is 0 Å². The fourth-order valence-electron chi connectivity index (χ4n) is 1.61. The van der Waals surface area contributed by atoms with E-state index in [1.165, 1.54) is 6.42 Å². The second-order valence-corrected chi connectivity index (χ2v) is 5.18. The molecule has 1 atom stereocenters. The minimum Gasteiger partial charge on any atom is -0.335 e. The number of urea groups is 1. The number of aryl methyl sites for hydroxylation is 1. The van der Waals surface area contributed by atoms with E-state index >= 15 is 0 Å². The van der Waals surface area contributed by atoms with Gasteiger partial charge in [-0.3, -0.25) is 0 Å². The molecule has 1 saturated carbocycles. The van der Waals surface area contributed by atoms with Gasteiger partial charge in [0.25, 0.3) is 0 Å². The van der Waals surface area contributed by atoms with Crippen LogP contribution in [-0.4, -0.2) is 17.1 Å². The molecule has 2 N–H and O–H groups in total. The van der Waals surface area contributed by atoms with Crippen molar-refractivity contribution in [1.82, 2.24) is 15.6 Å². The molecule has 0 bridgehead atoms. The summed E-state index contributed by atoms with van der Waals surface area (Å²) in [6.45, 7) is 3.92. The maximum Gasteiger partial charge on any atom is 0.315 e. The summed E-state index contributed by atoms with van der Waals surface area (Å²) in [7, 11) is 0. The zero-order valence-electron chi connectivity index (χ0n) is 9.62. The molecule has 0 spiro atoms. The minimum absolute atomic E-state index is 0.0150. The third-order valence-electron chi connectivity index (χ3n) is 2.80. The van der Waals surface area contributed by atoms with Crippen LogP contribution in [0.15, 0.2) is 5.38 Å². The van der Waals surface area contributed by atoms with Crippen LogP contribution in [0, 0.1) is 6.92 Å². The number of nitrogens with one attached hydrogen (secondary N) is 2. The molecular formula is C11H17N3OS. The highest BCUT2D eigenvalue weighted by Crippen LogP contribution is 2.19. The van der Waals surface area contributed by atoms with Gasteiger partial charge in [0, 0.05) is 17.1 Å². The molecule has 1 unspecified atom stereocenters. The van der Waals surface area contributed by atoms with Crippen molar-refractivity contribution in [2.45, 2.75) is 45.2 Å². The van der Waals surface area contributed by atoms with Crippen molar-refractivity contribution < 1.29 is 4.79 Å². The number of amides is 2. The molecule has 1 aliphatic rings. The zero-order chi connectivity index (χ0) is 11.5. The van der Waals surface area contributed by atoms with Gasteiger partial charge >= 0.3 is 6.03 Å². The van der Waals surface area contributed by atoms with Crippen LogP contribution in [-0.2, 0) is 0 Å². The van der Waals surface area contributed by atoms with Crippen LogP contribution in [0.5, 0.6) is 0 Å². The molecule has 1 fully saturated rings. The van der Waals surface area contributed by atoms with Gasteiger partial charge in [0.2, 0.25) is 0 Å². The Bertz CT molecular complexity index is 373. The largest absolute Gasteiger partial charge is 0.335 e. The molecule has 0 saturated heterocycles. The van der Waals surface area contributed by atoms with E-state index in [-0.39, 0.29) is 12.1 Å². The summed E-state index contributed by atoms with van der Waals surface area (Å²) in [6, 6.07) is 0.286. The van der Waals surface area contributed by atoms with Gasteiger partial charge in [-0.2, -0.15) is 0 Å². The van der Waals surface area contributed by atoms with Gasteiger partial charge in [0.05, 0.1) is 6.04 Å². The monoisotopic (exact) mass is 239 g/mol. The first-order valence-corrected chi connectivity index (χ1v) is 6.52. The molecule has 1 heterocycles. The number of aromatic nitrogens is 1. The summed E-state index contributed by atoms with van der Waals surface area (Å²) < 4.78 is 0. The van der Waals surface area contributed by atoms with Gasteiger partial charge in [-0.1, -0.05) is 0 Å². The lowest BCUT2D eigenvalue weighted by atomic mass is 9.93.